The molecule has 2 amide bonds. The van der Waals surface area contributed by atoms with Crippen molar-refractivity contribution in [3.63, 3.8) is 0 Å². The van der Waals surface area contributed by atoms with Gasteiger partial charge >= 0.3 is 6.03 Å². The normalized spacial score (nSPS) is 15.9. The first-order chi connectivity index (χ1) is 8.06. The van der Waals surface area contributed by atoms with Crippen LogP contribution in [0, 0.1) is 0 Å². The number of anilines is 1. The summed E-state index contributed by atoms with van der Waals surface area (Å²) in [5.41, 5.74) is 7.36. The minimum absolute atomic E-state index is 0.138. The average molecular weight is 297 g/mol. The van der Waals surface area contributed by atoms with Crippen molar-refractivity contribution in [1.29, 1.82) is 0 Å². The smallest absolute Gasteiger partial charge is 0.321 e. The Morgan fingerprint density at radius 3 is 3.12 bits per heavy atom. The van der Waals surface area contributed by atoms with E-state index in [1.165, 1.54) is 0 Å². The first-order valence-electron chi connectivity index (χ1n) is 5.20. The van der Waals surface area contributed by atoms with Gasteiger partial charge < -0.3 is 16.0 Å². The van der Waals surface area contributed by atoms with Gasteiger partial charge in [0, 0.05) is 34.9 Å². The molecule has 0 bridgehead atoms. The Morgan fingerprint density at radius 2 is 2.41 bits per heavy atom. The molecule has 1 saturated heterocycles. The van der Waals surface area contributed by atoms with E-state index in [0.717, 1.165) is 22.2 Å². The zero-order valence-corrected chi connectivity index (χ0v) is 10.8. The van der Waals surface area contributed by atoms with Crippen LogP contribution < -0.4 is 11.1 Å². The molecule has 2 rings (SSSR count). The Balaban J connectivity index is 2.13. The van der Waals surface area contributed by atoms with E-state index in [2.05, 4.69) is 32.8 Å². The van der Waals surface area contributed by atoms with Gasteiger partial charge in [0.25, 0.3) is 0 Å². The molecule has 3 N–H and O–H groups in total. The first-order valence-corrected chi connectivity index (χ1v) is 5.99. The molecule has 0 unspecified atom stereocenters. The van der Waals surface area contributed by atoms with Crippen LogP contribution in [0.1, 0.15) is 12.0 Å². The molecule has 0 radical (unpaired) electrons. The van der Waals surface area contributed by atoms with Crippen LogP contribution >= 0.6 is 15.9 Å². The van der Waals surface area contributed by atoms with E-state index in [0.29, 0.717) is 18.9 Å². The molecular weight excluding hydrogens is 284 g/mol. The number of carbonyl (C=O) groups excluding carboxylic acids is 1. The number of amides is 2. The summed E-state index contributed by atoms with van der Waals surface area (Å²) in [7, 11) is 0. The molecule has 0 atom stereocenters. The largest absolute Gasteiger partial charge is 0.383 e. The SMILES string of the molecule is C=C1CCN(Cc2cc(Br)cnc2N)C(=O)N1. The molecule has 1 fully saturated rings. The van der Waals surface area contributed by atoms with E-state index in [4.69, 9.17) is 5.73 Å². The molecule has 0 saturated carbocycles. The van der Waals surface area contributed by atoms with Gasteiger partial charge in [0.05, 0.1) is 6.54 Å². The van der Waals surface area contributed by atoms with E-state index in [1.807, 2.05) is 6.07 Å². The highest BCUT2D eigenvalue weighted by molar-refractivity contribution is 9.10. The van der Waals surface area contributed by atoms with Crippen LogP contribution in [0.2, 0.25) is 0 Å². The van der Waals surface area contributed by atoms with Gasteiger partial charge in [-0.3, -0.25) is 0 Å². The van der Waals surface area contributed by atoms with Gasteiger partial charge in [-0.05, 0) is 22.0 Å². The van der Waals surface area contributed by atoms with Crippen LogP contribution in [0.4, 0.5) is 10.6 Å². The third-order valence-corrected chi connectivity index (χ3v) is 3.02. The monoisotopic (exact) mass is 296 g/mol. The molecule has 0 spiro atoms. The third-order valence-electron chi connectivity index (χ3n) is 2.58. The number of nitrogens with zero attached hydrogens (tertiary/aromatic N) is 2. The quantitative estimate of drug-likeness (QED) is 0.875. The molecule has 6 heteroatoms. The lowest BCUT2D eigenvalue weighted by atomic mass is 10.2. The third kappa shape index (κ3) is 2.76. The highest BCUT2D eigenvalue weighted by Gasteiger charge is 2.20. The Kier molecular flexibility index (Phi) is 3.33. The zero-order valence-electron chi connectivity index (χ0n) is 9.24. The Bertz CT molecular complexity index is 475. The van der Waals surface area contributed by atoms with Gasteiger partial charge in [0.1, 0.15) is 5.82 Å². The minimum atomic E-state index is -0.138. The van der Waals surface area contributed by atoms with Crippen molar-refractivity contribution in [3.8, 4) is 0 Å². The standard InChI is InChI=1S/C11H13BrN4O/c1-7-2-3-16(11(17)15-7)6-8-4-9(12)5-14-10(8)13/h4-5H,1-3,6H2,(H2,13,14)(H,15,17). The molecule has 1 aromatic rings. The maximum atomic E-state index is 11.7. The summed E-state index contributed by atoms with van der Waals surface area (Å²) < 4.78 is 0.850. The number of rotatable bonds is 2. The van der Waals surface area contributed by atoms with E-state index in [-0.39, 0.29) is 6.03 Å². The van der Waals surface area contributed by atoms with Gasteiger partial charge in [0.15, 0.2) is 0 Å². The Labute approximate surface area is 108 Å². The molecule has 5 nitrogen and oxygen atoms in total. The van der Waals surface area contributed by atoms with Gasteiger partial charge in [0.2, 0.25) is 0 Å². The summed E-state index contributed by atoms with van der Waals surface area (Å²) in [6, 6.07) is 1.74. The molecule has 1 aliphatic heterocycles. The molecular formula is C11H13BrN4O. The number of urea groups is 1. The highest BCUT2D eigenvalue weighted by atomic mass is 79.9. The number of halogens is 1. The summed E-state index contributed by atoms with van der Waals surface area (Å²) in [6.07, 6.45) is 2.39. The summed E-state index contributed by atoms with van der Waals surface area (Å²) in [5.74, 6) is 0.449. The second-order valence-electron chi connectivity index (χ2n) is 3.90. The molecule has 1 aliphatic rings. The van der Waals surface area contributed by atoms with Crippen LogP contribution in [-0.4, -0.2) is 22.5 Å². The van der Waals surface area contributed by atoms with Crippen LogP contribution in [0.25, 0.3) is 0 Å². The molecule has 2 heterocycles. The van der Waals surface area contributed by atoms with E-state index >= 15 is 0 Å². The summed E-state index contributed by atoms with van der Waals surface area (Å²) in [6.45, 7) is 4.84. The lowest BCUT2D eigenvalue weighted by Crippen LogP contribution is -2.44. The number of nitrogen functional groups attached to an aromatic ring is 1. The first kappa shape index (κ1) is 11.9. The lowest BCUT2D eigenvalue weighted by Gasteiger charge is -2.28. The zero-order chi connectivity index (χ0) is 12.4. The number of nitrogens with two attached hydrogens (primary N) is 1. The lowest BCUT2D eigenvalue weighted by molar-refractivity contribution is 0.190. The van der Waals surface area contributed by atoms with Crippen molar-refractivity contribution in [3.05, 3.63) is 34.6 Å². The molecule has 17 heavy (non-hydrogen) atoms. The highest BCUT2D eigenvalue weighted by Crippen LogP contribution is 2.19. The predicted octanol–water partition coefficient (Wildman–Crippen LogP) is 1.86. The molecule has 90 valence electrons. The number of carbonyl (C=O) groups is 1. The predicted molar refractivity (Wildman–Crippen MR) is 69.0 cm³/mol. The number of aromatic nitrogens is 1. The summed E-state index contributed by atoms with van der Waals surface area (Å²) in [4.78, 5) is 17.4. The minimum Gasteiger partial charge on any atom is -0.383 e. The van der Waals surface area contributed by atoms with Crippen molar-refractivity contribution in [2.24, 2.45) is 0 Å². The summed E-state index contributed by atoms with van der Waals surface area (Å²) >= 11 is 3.33. The number of hydrogen-bond acceptors (Lipinski definition) is 3. The van der Waals surface area contributed by atoms with E-state index in [1.54, 1.807) is 11.1 Å². The van der Waals surface area contributed by atoms with E-state index in [9.17, 15) is 4.79 Å². The maximum absolute atomic E-state index is 11.7. The fraction of sp³-hybridized carbons (Fsp3) is 0.273. The van der Waals surface area contributed by atoms with Gasteiger partial charge in [-0.15, -0.1) is 0 Å². The summed E-state index contributed by atoms with van der Waals surface area (Å²) in [5, 5.41) is 2.70. The average Bonchev–Trinajstić information content (AvgIpc) is 2.27. The van der Waals surface area contributed by atoms with Crippen LogP contribution in [0.3, 0.4) is 0 Å². The molecule has 1 aromatic heterocycles. The van der Waals surface area contributed by atoms with Crippen molar-refractivity contribution >= 4 is 27.8 Å². The van der Waals surface area contributed by atoms with Crippen molar-refractivity contribution < 1.29 is 4.79 Å². The fourth-order valence-electron chi connectivity index (χ4n) is 1.64. The van der Waals surface area contributed by atoms with E-state index < -0.39 is 0 Å². The van der Waals surface area contributed by atoms with Gasteiger partial charge in [-0.1, -0.05) is 6.58 Å². The van der Waals surface area contributed by atoms with Crippen LogP contribution in [0.15, 0.2) is 29.0 Å². The maximum Gasteiger partial charge on any atom is 0.321 e. The van der Waals surface area contributed by atoms with Crippen molar-refractivity contribution in [2.45, 2.75) is 13.0 Å². The Hall–Kier alpha value is -1.56. The van der Waals surface area contributed by atoms with Crippen molar-refractivity contribution in [2.75, 3.05) is 12.3 Å². The Morgan fingerprint density at radius 1 is 1.65 bits per heavy atom. The fourth-order valence-corrected chi connectivity index (χ4v) is 2.02. The molecule has 0 aromatic carbocycles. The number of nitrogens with one attached hydrogen (secondary N) is 1. The second-order valence-corrected chi connectivity index (χ2v) is 4.82. The second kappa shape index (κ2) is 4.75. The van der Waals surface area contributed by atoms with Gasteiger partial charge in [-0.25, -0.2) is 9.78 Å². The van der Waals surface area contributed by atoms with Crippen LogP contribution in [-0.2, 0) is 6.54 Å². The topological polar surface area (TPSA) is 71.2 Å². The molecule has 0 aliphatic carbocycles. The van der Waals surface area contributed by atoms with Crippen molar-refractivity contribution in [1.82, 2.24) is 15.2 Å². The number of hydrogen-bond donors (Lipinski definition) is 2. The number of pyridine rings is 1. The van der Waals surface area contributed by atoms with Crippen LogP contribution in [0.5, 0.6) is 0 Å². The van der Waals surface area contributed by atoms with Gasteiger partial charge in [-0.2, -0.15) is 0 Å².